The van der Waals surface area contributed by atoms with Gasteiger partial charge in [0.1, 0.15) is 6.61 Å². The van der Waals surface area contributed by atoms with Gasteiger partial charge >= 0.3 is 0 Å². The zero-order valence-electron chi connectivity index (χ0n) is 9.60. The van der Waals surface area contributed by atoms with Gasteiger partial charge in [-0.15, -0.1) is 0 Å². The minimum atomic E-state index is 0.0264. The molecule has 2 rings (SSSR count). The fraction of sp³-hybridized carbons (Fsp3) is 0.0909. The van der Waals surface area contributed by atoms with Crippen molar-refractivity contribution in [3.63, 3.8) is 0 Å². The molecule has 0 fully saturated rings. The maximum absolute atomic E-state index is 6.78. The van der Waals surface area contributed by atoms with Gasteiger partial charge in [0, 0.05) is 5.69 Å². The van der Waals surface area contributed by atoms with Gasteiger partial charge < -0.3 is 10.1 Å². The normalized spacial score (nSPS) is 10.0. The van der Waals surface area contributed by atoms with Crippen LogP contribution in [0.5, 0.6) is 0 Å². The molecular formula is C11H9Cl2N5O. The first-order valence-corrected chi connectivity index (χ1v) is 5.96. The van der Waals surface area contributed by atoms with Crippen LogP contribution < -0.4 is 5.32 Å². The van der Waals surface area contributed by atoms with Crippen molar-refractivity contribution in [1.29, 1.82) is 5.41 Å². The van der Waals surface area contributed by atoms with E-state index < -0.39 is 0 Å². The largest absolute Gasteiger partial charge is 0.479 e. The molecule has 0 atom stereocenters. The van der Waals surface area contributed by atoms with Crippen molar-refractivity contribution >= 4 is 41.2 Å². The molecule has 0 saturated carbocycles. The van der Waals surface area contributed by atoms with Crippen LogP contribution in [0.25, 0.3) is 0 Å². The number of nitrogens with one attached hydrogen (secondary N) is 2. The molecule has 8 heteroatoms. The second kappa shape index (κ2) is 6.31. The van der Waals surface area contributed by atoms with Crippen LogP contribution in [0.2, 0.25) is 10.6 Å². The summed E-state index contributed by atoms with van der Waals surface area (Å²) >= 11 is 11.3. The van der Waals surface area contributed by atoms with Crippen molar-refractivity contribution in [3.05, 3.63) is 40.4 Å². The predicted octanol–water partition coefficient (Wildman–Crippen LogP) is 3.05. The molecule has 0 aliphatic heterocycles. The second-order valence-electron chi connectivity index (χ2n) is 3.45. The third-order valence-corrected chi connectivity index (χ3v) is 2.46. The van der Waals surface area contributed by atoms with E-state index in [1.165, 1.54) is 0 Å². The lowest BCUT2D eigenvalue weighted by Gasteiger charge is -2.06. The minimum Gasteiger partial charge on any atom is -0.479 e. The SMILES string of the molecule is N=COCc1ccc(Nc2nc(Cl)nc(Cl)n2)cc1. The van der Waals surface area contributed by atoms with E-state index in [9.17, 15) is 0 Å². The van der Waals surface area contributed by atoms with Crippen molar-refractivity contribution in [2.24, 2.45) is 0 Å². The van der Waals surface area contributed by atoms with Crippen LogP contribution >= 0.6 is 23.2 Å². The van der Waals surface area contributed by atoms with E-state index in [0.717, 1.165) is 17.7 Å². The van der Waals surface area contributed by atoms with Crippen molar-refractivity contribution in [2.75, 3.05) is 5.32 Å². The third-order valence-electron chi connectivity index (χ3n) is 2.12. The molecule has 1 heterocycles. The summed E-state index contributed by atoms with van der Waals surface area (Å²) in [6, 6.07) is 7.37. The number of benzene rings is 1. The van der Waals surface area contributed by atoms with Crippen molar-refractivity contribution < 1.29 is 4.74 Å². The first-order chi connectivity index (χ1) is 9.17. The van der Waals surface area contributed by atoms with Gasteiger partial charge in [0.05, 0.1) is 0 Å². The number of hydrogen-bond acceptors (Lipinski definition) is 6. The second-order valence-corrected chi connectivity index (χ2v) is 4.12. The van der Waals surface area contributed by atoms with Gasteiger partial charge in [0.25, 0.3) is 0 Å². The zero-order chi connectivity index (χ0) is 13.7. The van der Waals surface area contributed by atoms with E-state index in [0.29, 0.717) is 6.61 Å². The van der Waals surface area contributed by atoms with Gasteiger partial charge in [-0.05, 0) is 40.9 Å². The number of ether oxygens (including phenoxy) is 1. The molecule has 98 valence electrons. The monoisotopic (exact) mass is 297 g/mol. The lowest BCUT2D eigenvalue weighted by molar-refractivity contribution is 0.305. The minimum absolute atomic E-state index is 0.0264. The van der Waals surface area contributed by atoms with E-state index in [4.69, 9.17) is 33.3 Å². The quantitative estimate of drug-likeness (QED) is 0.654. The summed E-state index contributed by atoms with van der Waals surface area (Å²) in [6.45, 7) is 0.354. The van der Waals surface area contributed by atoms with Crippen LogP contribution in [-0.2, 0) is 11.3 Å². The predicted molar refractivity (Wildman–Crippen MR) is 73.1 cm³/mol. The zero-order valence-corrected chi connectivity index (χ0v) is 11.1. The van der Waals surface area contributed by atoms with Crippen LogP contribution in [-0.4, -0.2) is 21.4 Å². The molecule has 19 heavy (non-hydrogen) atoms. The molecule has 0 bridgehead atoms. The Balaban J connectivity index is 2.08. The van der Waals surface area contributed by atoms with Gasteiger partial charge in [0.2, 0.25) is 16.5 Å². The molecule has 1 aromatic carbocycles. The molecule has 0 radical (unpaired) electrons. The molecule has 0 amide bonds. The van der Waals surface area contributed by atoms with E-state index >= 15 is 0 Å². The molecular weight excluding hydrogens is 289 g/mol. The van der Waals surface area contributed by atoms with Gasteiger partial charge in [-0.1, -0.05) is 12.1 Å². The van der Waals surface area contributed by atoms with E-state index in [-0.39, 0.29) is 16.5 Å². The Morgan fingerprint density at radius 3 is 2.32 bits per heavy atom. The van der Waals surface area contributed by atoms with Crippen molar-refractivity contribution in [2.45, 2.75) is 6.61 Å². The molecule has 0 aliphatic carbocycles. The molecule has 2 N–H and O–H groups in total. The van der Waals surface area contributed by atoms with Gasteiger partial charge in [-0.2, -0.15) is 15.0 Å². The molecule has 0 aliphatic rings. The van der Waals surface area contributed by atoms with Gasteiger partial charge in [0.15, 0.2) is 6.40 Å². The molecule has 1 aromatic heterocycles. The number of aromatic nitrogens is 3. The molecule has 6 nitrogen and oxygen atoms in total. The molecule has 0 saturated heterocycles. The lowest BCUT2D eigenvalue weighted by atomic mass is 10.2. The van der Waals surface area contributed by atoms with Crippen LogP contribution in [0, 0.1) is 5.41 Å². The van der Waals surface area contributed by atoms with Crippen LogP contribution in [0.3, 0.4) is 0 Å². The van der Waals surface area contributed by atoms with E-state index in [1.54, 1.807) is 0 Å². The van der Waals surface area contributed by atoms with E-state index in [1.807, 2.05) is 24.3 Å². The summed E-state index contributed by atoms with van der Waals surface area (Å²) < 4.78 is 4.86. The smallest absolute Gasteiger partial charge is 0.232 e. The highest BCUT2D eigenvalue weighted by Gasteiger charge is 2.03. The van der Waals surface area contributed by atoms with Gasteiger partial charge in [-0.3, -0.25) is 5.41 Å². The van der Waals surface area contributed by atoms with Crippen molar-refractivity contribution in [3.8, 4) is 0 Å². The number of anilines is 2. The highest BCUT2D eigenvalue weighted by atomic mass is 35.5. The average molecular weight is 298 g/mol. The molecule has 0 unspecified atom stereocenters. The number of halogens is 2. The van der Waals surface area contributed by atoms with Crippen molar-refractivity contribution in [1.82, 2.24) is 15.0 Å². The first-order valence-electron chi connectivity index (χ1n) is 5.21. The van der Waals surface area contributed by atoms with Crippen LogP contribution in [0.4, 0.5) is 11.6 Å². The maximum atomic E-state index is 6.78. The Morgan fingerprint density at radius 1 is 1.11 bits per heavy atom. The number of hydrogen-bond donors (Lipinski definition) is 2. The van der Waals surface area contributed by atoms with E-state index in [2.05, 4.69) is 20.3 Å². The first kappa shape index (κ1) is 13.5. The van der Waals surface area contributed by atoms with Crippen LogP contribution in [0.1, 0.15) is 5.56 Å². The summed E-state index contributed by atoms with van der Waals surface area (Å²) in [5.74, 6) is 0.272. The standard InChI is InChI=1S/C11H9Cl2N5O/c12-9-16-10(13)18-11(17-9)15-8-3-1-7(2-4-8)5-19-6-14/h1-4,6,14H,5H2,(H,15,16,17,18). The summed E-state index contributed by atoms with van der Waals surface area (Å²) in [5.41, 5.74) is 1.72. The third kappa shape index (κ3) is 4.04. The Bertz CT molecular complexity index is 556. The number of nitrogens with zero attached hydrogens (tertiary/aromatic N) is 3. The maximum Gasteiger partial charge on any atom is 0.232 e. The Morgan fingerprint density at radius 2 is 1.74 bits per heavy atom. The fourth-order valence-corrected chi connectivity index (χ4v) is 1.70. The topological polar surface area (TPSA) is 83.8 Å². The highest BCUT2D eigenvalue weighted by molar-refractivity contribution is 6.31. The Hall–Kier alpha value is -1.92. The molecule has 0 spiro atoms. The Labute approximate surface area is 119 Å². The number of rotatable bonds is 5. The average Bonchev–Trinajstić information content (AvgIpc) is 2.37. The summed E-state index contributed by atoms with van der Waals surface area (Å²) in [6.07, 6.45) is 0.904. The summed E-state index contributed by atoms with van der Waals surface area (Å²) in [5, 5.41) is 9.78. The Kier molecular flexibility index (Phi) is 4.48. The lowest BCUT2D eigenvalue weighted by Crippen LogP contribution is -1.99. The van der Waals surface area contributed by atoms with Gasteiger partial charge in [-0.25, -0.2) is 0 Å². The summed E-state index contributed by atoms with van der Waals surface area (Å²) in [4.78, 5) is 11.4. The van der Waals surface area contributed by atoms with Crippen LogP contribution in [0.15, 0.2) is 24.3 Å². The summed E-state index contributed by atoms with van der Waals surface area (Å²) in [7, 11) is 0. The fourth-order valence-electron chi connectivity index (χ4n) is 1.33. The molecule has 2 aromatic rings. The highest BCUT2D eigenvalue weighted by Crippen LogP contribution is 2.16.